The topological polar surface area (TPSA) is 77.2 Å². The number of thiazole rings is 1. The van der Waals surface area contributed by atoms with Crippen molar-refractivity contribution in [1.82, 2.24) is 10.3 Å². The molecule has 0 aliphatic carbocycles. The molecule has 0 spiro atoms. The molecule has 0 fully saturated rings. The molecule has 1 aromatic carbocycles. The molecule has 7 heteroatoms. The van der Waals surface area contributed by atoms with Gasteiger partial charge in [0.15, 0.2) is 0 Å². The molecule has 0 bridgehead atoms. The number of carbonyl (C=O) groups is 1. The summed E-state index contributed by atoms with van der Waals surface area (Å²) < 4.78 is 5.37. The molecule has 2 aromatic rings. The van der Waals surface area contributed by atoms with Crippen molar-refractivity contribution in [2.45, 2.75) is 26.3 Å². The fourth-order valence-electron chi connectivity index (χ4n) is 2.19. The van der Waals surface area contributed by atoms with Gasteiger partial charge in [-0.2, -0.15) is 0 Å². The molecule has 2 rings (SSSR count). The molecule has 1 amide bonds. The summed E-state index contributed by atoms with van der Waals surface area (Å²) in [4.78, 5) is 16.6. The minimum Gasteiger partial charge on any atom is -0.496 e. The molecule has 5 nitrogen and oxygen atoms in total. The van der Waals surface area contributed by atoms with Crippen LogP contribution in [0.2, 0.25) is 0 Å². The molecule has 0 saturated carbocycles. The van der Waals surface area contributed by atoms with Crippen molar-refractivity contribution in [3.05, 3.63) is 45.4 Å². The minimum absolute atomic E-state index is 0. The Labute approximate surface area is 146 Å². The Morgan fingerprint density at radius 2 is 2.22 bits per heavy atom. The summed E-state index contributed by atoms with van der Waals surface area (Å²) in [6.45, 7) is 4.48. The third kappa shape index (κ3) is 4.92. The lowest BCUT2D eigenvalue weighted by molar-refractivity contribution is 0.0935. The van der Waals surface area contributed by atoms with E-state index in [1.165, 1.54) is 11.3 Å². The number of aromatic nitrogens is 1. The van der Waals surface area contributed by atoms with Crippen molar-refractivity contribution < 1.29 is 9.53 Å². The van der Waals surface area contributed by atoms with Crippen LogP contribution in [0.1, 0.15) is 39.6 Å². The molecular formula is C16H22ClN3O2S. The summed E-state index contributed by atoms with van der Waals surface area (Å²) in [5.41, 5.74) is 8.01. The van der Waals surface area contributed by atoms with Crippen LogP contribution in [0, 0.1) is 6.92 Å². The summed E-state index contributed by atoms with van der Waals surface area (Å²) in [6.07, 6.45) is 0.694. The highest BCUT2D eigenvalue weighted by Gasteiger charge is 2.17. The monoisotopic (exact) mass is 355 g/mol. The second kappa shape index (κ2) is 8.86. The van der Waals surface area contributed by atoms with Crippen molar-refractivity contribution >= 4 is 29.7 Å². The van der Waals surface area contributed by atoms with Gasteiger partial charge >= 0.3 is 0 Å². The molecular weight excluding hydrogens is 334 g/mol. The van der Waals surface area contributed by atoms with Gasteiger partial charge in [-0.3, -0.25) is 4.79 Å². The predicted molar refractivity (Wildman–Crippen MR) is 95.7 cm³/mol. The van der Waals surface area contributed by atoms with E-state index in [2.05, 4.69) is 10.3 Å². The lowest BCUT2D eigenvalue weighted by Gasteiger charge is -2.17. The van der Waals surface area contributed by atoms with Gasteiger partial charge in [0.05, 0.1) is 18.2 Å². The van der Waals surface area contributed by atoms with E-state index in [9.17, 15) is 4.79 Å². The van der Waals surface area contributed by atoms with E-state index >= 15 is 0 Å². The van der Waals surface area contributed by atoms with Gasteiger partial charge in [-0.25, -0.2) is 4.98 Å². The first kappa shape index (κ1) is 19.4. The molecule has 1 heterocycles. The normalized spacial score (nSPS) is 11.5. The van der Waals surface area contributed by atoms with Crippen molar-refractivity contribution in [1.29, 1.82) is 0 Å². The van der Waals surface area contributed by atoms with Crippen LogP contribution in [0.3, 0.4) is 0 Å². The number of halogens is 1. The quantitative estimate of drug-likeness (QED) is 0.835. The summed E-state index contributed by atoms with van der Waals surface area (Å²) in [5.74, 6) is 0.580. The first-order valence-electron chi connectivity index (χ1n) is 7.15. The number of nitrogens with one attached hydrogen (secondary N) is 1. The summed E-state index contributed by atoms with van der Waals surface area (Å²) in [5, 5.41) is 5.61. The molecule has 1 aromatic heterocycles. The van der Waals surface area contributed by atoms with Gasteiger partial charge in [-0.05, 0) is 26.5 Å². The zero-order valence-corrected chi connectivity index (χ0v) is 15.1. The van der Waals surface area contributed by atoms with E-state index in [1.54, 1.807) is 12.5 Å². The average molecular weight is 356 g/mol. The van der Waals surface area contributed by atoms with Gasteiger partial charge in [-0.1, -0.05) is 17.7 Å². The van der Waals surface area contributed by atoms with Gasteiger partial charge < -0.3 is 15.8 Å². The minimum atomic E-state index is -0.185. The lowest BCUT2D eigenvalue weighted by atomic mass is 10.0. The molecule has 23 heavy (non-hydrogen) atoms. The highest BCUT2D eigenvalue weighted by molar-refractivity contribution is 7.09. The van der Waals surface area contributed by atoms with Crippen LogP contribution in [-0.2, 0) is 6.42 Å². The van der Waals surface area contributed by atoms with Crippen LogP contribution < -0.4 is 15.8 Å². The van der Waals surface area contributed by atoms with Crippen LogP contribution in [0.15, 0.2) is 23.6 Å². The van der Waals surface area contributed by atoms with Crippen LogP contribution in [0.4, 0.5) is 0 Å². The maximum absolute atomic E-state index is 12.3. The van der Waals surface area contributed by atoms with E-state index in [0.29, 0.717) is 18.7 Å². The molecule has 0 aliphatic heterocycles. The second-order valence-corrected chi connectivity index (χ2v) is 6.05. The third-order valence-corrected chi connectivity index (χ3v) is 4.25. The number of rotatable bonds is 6. The Balaban J connectivity index is 0.00000264. The van der Waals surface area contributed by atoms with Crippen molar-refractivity contribution in [3.8, 4) is 5.75 Å². The predicted octanol–water partition coefficient (Wildman–Crippen LogP) is 2.87. The van der Waals surface area contributed by atoms with Gasteiger partial charge in [-0.15, -0.1) is 23.7 Å². The van der Waals surface area contributed by atoms with Gasteiger partial charge in [0.1, 0.15) is 11.4 Å². The summed E-state index contributed by atoms with van der Waals surface area (Å²) in [6, 6.07) is 5.75. The molecule has 3 N–H and O–H groups in total. The number of amides is 1. The fraction of sp³-hybridized carbons (Fsp3) is 0.375. The van der Waals surface area contributed by atoms with Crippen molar-refractivity contribution in [2.24, 2.45) is 5.73 Å². The maximum atomic E-state index is 12.3. The molecule has 0 radical (unpaired) electrons. The average Bonchev–Trinajstić information content (AvgIpc) is 2.96. The number of hydrogen-bond acceptors (Lipinski definition) is 5. The molecule has 126 valence electrons. The smallest absolute Gasteiger partial charge is 0.271 e. The number of ether oxygens (including phenoxy) is 1. The fourth-order valence-corrected chi connectivity index (χ4v) is 2.99. The van der Waals surface area contributed by atoms with Crippen LogP contribution >= 0.6 is 23.7 Å². The van der Waals surface area contributed by atoms with E-state index < -0.39 is 0 Å². The van der Waals surface area contributed by atoms with Crippen LogP contribution in [0.25, 0.3) is 0 Å². The number of nitrogens with two attached hydrogens (primary N) is 1. The number of carbonyl (C=O) groups excluding carboxylic acids is 1. The number of nitrogens with zero attached hydrogens (tertiary/aromatic N) is 1. The maximum Gasteiger partial charge on any atom is 0.271 e. The second-order valence-electron chi connectivity index (χ2n) is 5.11. The van der Waals surface area contributed by atoms with E-state index in [1.807, 2.05) is 32.0 Å². The summed E-state index contributed by atoms with van der Waals surface area (Å²) >= 11 is 1.46. The third-order valence-electron chi connectivity index (χ3n) is 3.34. The van der Waals surface area contributed by atoms with E-state index in [0.717, 1.165) is 21.9 Å². The van der Waals surface area contributed by atoms with Gasteiger partial charge in [0.25, 0.3) is 5.91 Å². The van der Waals surface area contributed by atoms with Gasteiger partial charge in [0.2, 0.25) is 0 Å². The number of aryl methyl sites for hydroxylation is 1. The van der Waals surface area contributed by atoms with Crippen molar-refractivity contribution in [2.75, 3.05) is 13.7 Å². The lowest BCUT2D eigenvalue weighted by Crippen LogP contribution is -2.27. The van der Waals surface area contributed by atoms with Gasteiger partial charge in [0, 0.05) is 17.4 Å². The molecule has 0 aliphatic rings. The number of methoxy groups -OCH3 is 1. The summed E-state index contributed by atoms with van der Waals surface area (Å²) in [7, 11) is 1.63. The molecule has 1 unspecified atom stereocenters. The van der Waals surface area contributed by atoms with E-state index in [4.69, 9.17) is 10.5 Å². The Morgan fingerprint density at radius 1 is 1.48 bits per heavy atom. The zero-order chi connectivity index (χ0) is 16.1. The Bertz CT molecular complexity index is 661. The number of benzene rings is 1. The molecule has 1 atom stereocenters. The van der Waals surface area contributed by atoms with Crippen LogP contribution in [0.5, 0.6) is 5.75 Å². The largest absolute Gasteiger partial charge is 0.496 e. The standard InChI is InChI=1S/C16H21N3O2S.ClH/c1-10-4-5-14(21-3)12(8-10)11(2)18-16(20)13-9-22-15(19-13)6-7-17;/h4-5,8-9,11H,6-7,17H2,1-3H3,(H,18,20);1H. The highest BCUT2D eigenvalue weighted by atomic mass is 35.5. The SMILES string of the molecule is COc1ccc(C)cc1C(C)NC(=O)c1csc(CCN)n1.Cl. The van der Waals surface area contributed by atoms with E-state index in [-0.39, 0.29) is 24.4 Å². The highest BCUT2D eigenvalue weighted by Crippen LogP contribution is 2.26. The zero-order valence-electron chi connectivity index (χ0n) is 13.5. The Hall–Kier alpha value is -1.63. The van der Waals surface area contributed by atoms with Crippen molar-refractivity contribution in [3.63, 3.8) is 0 Å². The Morgan fingerprint density at radius 3 is 2.87 bits per heavy atom. The first-order chi connectivity index (χ1) is 10.5. The first-order valence-corrected chi connectivity index (χ1v) is 8.03. The van der Waals surface area contributed by atoms with Crippen LogP contribution in [-0.4, -0.2) is 24.5 Å². The Kier molecular flexibility index (Phi) is 7.48. The molecule has 0 saturated heterocycles. The number of hydrogen-bond donors (Lipinski definition) is 2.